The van der Waals surface area contributed by atoms with Gasteiger partial charge >= 0.3 is 6.18 Å². The van der Waals surface area contributed by atoms with Crippen LogP contribution in [0.4, 0.5) is 22.0 Å². The molecule has 2 aromatic rings. The van der Waals surface area contributed by atoms with E-state index in [9.17, 15) is 22.0 Å². The third kappa shape index (κ3) is 5.38. The van der Waals surface area contributed by atoms with Crippen LogP contribution in [-0.4, -0.2) is 24.5 Å². The fourth-order valence-electron chi connectivity index (χ4n) is 2.16. The lowest BCUT2D eigenvalue weighted by molar-refractivity contribution is -0.140. The number of aliphatic imine (C=N–C) groups is 1. The summed E-state index contributed by atoms with van der Waals surface area (Å²) in [6.07, 6.45) is -4.47. The quantitative estimate of drug-likeness (QED) is 0.461. The van der Waals surface area contributed by atoms with Gasteiger partial charge in [0.2, 0.25) is 0 Å². The van der Waals surface area contributed by atoms with Crippen molar-refractivity contribution in [1.29, 1.82) is 0 Å². The highest BCUT2D eigenvalue weighted by molar-refractivity contribution is 7.09. The van der Waals surface area contributed by atoms with Crippen molar-refractivity contribution in [2.45, 2.75) is 25.6 Å². The standard InChI is InChI=1S/C16H17F5N4S/c1-9(11-4-3-10(17)5-12(11)18)6-23-15(22-2)24-7-14-25-13(8-26-14)16(19,20)21/h3-5,8-9H,6-7H2,1-2H3,(H2,22,23,24). The average molecular weight is 392 g/mol. The maximum Gasteiger partial charge on any atom is 0.434 e. The molecule has 1 aromatic heterocycles. The molecule has 0 aliphatic rings. The summed E-state index contributed by atoms with van der Waals surface area (Å²) in [6.45, 7) is 2.13. The van der Waals surface area contributed by atoms with Crippen molar-refractivity contribution >= 4 is 17.3 Å². The number of hydrogen-bond donors (Lipinski definition) is 2. The van der Waals surface area contributed by atoms with E-state index in [1.54, 1.807) is 6.92 Å². The van der Waals surface area contributed by atoms with Crippen molar-refractivity contribution in [3.8, 4) is 0 Å². The summed E-state index contributed by atoms with van der Waals surface area (Å²) in [6, 6.07) is 3.38. The Balaban J connectivity index is 1.88. The lowest BCUT2D eigenvalue weighted by Gasteiger charge is -2.16. The smallest absolute Gasteiger partial charge is 0.356 e. The van der Waals surface area contributed by atoms with Crippen molar-refractivity contribution < 1.29 is 22.0 Å². The first-order chi connectivity index (χ1) is 12.2. The number of hydrogen-bond acceptors (Lipinski definition) is 3. The average Bonchev–Trinajstić information content (AvgIpc) is 3.04. The van der Waals surface area contributed by atoms with Gasteiger partial charge in [0.25, 0.3) is 0 Å². The van der Waals surface area contributed by atoms with Crippen molar-refractivity contribution in [2.75, 3.05) is 13.6 Å². The van der Waals surface area contributed by atoms with Crippen molar-refractivity contribution in [1.82, 2.24) is 15.6 Å². The van der Waals surface area contributed by atoms with Crippen molar-refractivity contribution in [3.05, 3.63) is 51.5 Å². The van der Waals surface area contributed by atoms with Gasteiger partial charge in [0, 0.05) is 31.0 Å². The molecule has 26 heavy (non-hydrogen) atoms. The van der Waals surface area contributed by atoms with Gasteiger partial charge in [-0.3, -0.25) is 4.99 Å². The van der Waals surface area contributed by atoms with Crippen LogP contribution in [0.5, 0.6) is 0 Å². The summed E-state index contributed by atoms with van der Waals surface area (Å²) in [4.78, 5) is 7.47. The molecule has 0 aliphatic carbocycles. The van der Waals surface area contributed by atoms with Crippen LogP contribution in [0.25, 0.3) is 0 Å². The van der Waals surface area contributed by atoms with Gasteiger partial charge in [-0.25, -0.2) is 13.8 Å². The molecule has 0 bridgehead atoms. The zero-order valence-electron chi connectivity index (χ0n) is 14.0. The van der Waals surface area contributed by atoms with E-state index in [4.69, 9.17) is 0 Å². The van der Waals surface area contributed by atoms with E-state index >= 15 is 0 Å². The van der Waals surface area contributed by atoms with Gasteiger partial charge in [-0.1, -0.05) is 13.0 Å². The lowest BCUT2D eigenvalue weighted by atomic mass is 10.0. The zero-order valence-corrected chi connectivity index (χ0v) is 14.8. The van der Waals surface area contributed by atoms with Crippen LogP contribution in [0.3, 0.4) is 0 Å². The highest BCUT2D eigenvalue weighted by Crippen LogP contribution is 2.29. The molecule has 0 aliphatic heterocycles. The topological polar surface area (TPSA) is 49.3 Å². The molecule has 0 saturated heterocycles. The largest absolute Gasteiger partial charge is 0.434 e. The number of aromatic nitrogens is 1. The van der Waals surface area contributed by atoms with Crippen LogP contribution in [0.15, 0.2) is 28.6 Å². The number of alkyl halides is 3. The second kappa shape index (κ2) is 8.43. The van der Waals surface area contributed by atoms with Gasteiger partial charge < -0.3 is 10.6 Å². The minimum Gasteiger partial charge on any atom is -0.356 e. The van der Waals surface area contributed by atoms with E-state index in [0.717, 1.165) is 22.8 Å². The highest BCUT2D eigenvalue weighted by Gasteiger charge is 2.33. The highest BCUT2D eigenvalue weighted by atomic mass is 32.1. The second-order valence-electron chi connectivity index (χ2n) is 5.50. The minimum atomic E-state index is -4.47. The van der Waals surface area contributed by atoms with E-state index in [-0.39, 0.29) is 17.5 Å². The van der Waals surface area contributed by atoms with E-state index < -0.39 is 23.5 Å². The number of thiazole rings is 1. The summed E-state index contributed by atoms with van der Waals surface area (Å²) in [7, 11) is 1.50. The summed E-state index contributed by atoms with van der Waals surface area (Å²) < 4.78 is 64.3. The molecule has 142 valence electrons. The van der Waals surface area contributed by atoms with Gasteiger partial charge in [-0.2, -0.15) is 13.2 Å². The Bertz CT molecular complexity index is 772. The van der Waals surface area contributed by atoms with Gasteiger partial charge in [0.1, 0.15) is 16.6 Å². The molecule has 1 aromatic carbocycles. The second-order valence-corrected chi connectivity index (χ2v) is 6.44. The van der Waals surface area contributed by atoms with Crippen molar-refractivity contribution in [3.63, 3.8) is 0 Å². The van der Waals surface area contributed by atoms with Crippen LogP contribution in [0.2, 0.25) is 0 Å². The molecule has 0 fully saturated rings. The van der Waals surface area contributed by atoms with E-state index in [1.165, 1.54) is 19.2 Å². The molecule has 4 nitrogen and oxygen atoms in total. The molecule has 1 atom stereocenters. The van der Waals surface area contributed by atoms with E-state index in [1.807, 2.05) is 0 Å². The summed E-state index contributed by atoms with van der Waals surface area (Å²) >= 11 is 0.892. The summed E-state index contributed by atoms with van der Waals surface area (Å²) in [5, 5.41) is 7.01. The maximum absolute atomic E-state index is 13.8. The first-order valence-corrected chi connectivity index (χ1v) is 8.49. The molecule has 0 spiro atoms. The molecule has 0 saturated carbocycles. The van der Waals surface area contributed by atoms with Gasteiger partial charge in [-0.15, -0.1) is 11.3 Å². The first kappa shape index (κ1) is 20.1. The van der Waals surface area contributed by atoms with E-state index in [2.05, 4.69) is 20.6 Å². The fourth-order valence-corrected chi connectivity index (χ4v) is 2.90. The Hall–Kier alpha value is -2.23. The van der Waals surface area contributed by atoms with Crippen LogP contribution in [0.1, 0.15) is 29.1 Å². The molecule has 1 heterocycles. The lowest BCUT2D eigenvalue weighted by Crippen LogP contribution is -2.38. The number of guanidine groups is 1. The Morgan fingerprint density at radius 1 is 1.27 bits per heavy atom. The van der Waals surface area contributed by atoms with Crippen LogP contribution in [0, 0.1) is 11.6 Å². The third-order valence-electron chi connectivity index (χ3n) is 3.54. The Morgan fingerprint density at radius 3 is 2.58 bits per heavy atom. The van der Waals surface area contributed by atoms with Crippen LogP contribution in [-0.2, 0) is 12.7 Å². The molecular formula is C16H17F5N4S. The molecular weight excluding hydrogens is 375 g/mol. The Kier molecular flexibility index (Phi) is 6.52. The molecule has 10 heteroatoms. The number of rotatable bonds is 5. The number of nitrogens with one attached hydrogen (secondary N) is 2. The molecule has 0 radical (unpaired) electrons. The maximum atomic E-state index is 13.8. The number of halogens is 5. The predicted molar refractivity (Wildman–Crippen MR) is 90.1 cm³/mol. The first-order valence-electron chi connectivity index (χ1n) is 7.61. The van der Waals surface area contributed by atoms with Gasteiger partial charge in [0.05, 0.1) is 6.54 Å². The predicted octanol–water partition coefficient (Wildman–Crippen LogP) is 3.91. The monoisotopic (exact) mass is 392 g/mol. The fraction of sp³-hybridized carbons (Fsp3) is 0.375. The molecule has 2 rings (SSSR count). The molecule has 2 N–H and O–H groups in total. The normalized spacial score (nSPS) is 13.6. The van der Waals surface area contributed by atoms with Gasteiger partial charge in [0.15, 0.2) is 11.7 Å². The Labute approximate surface area is 151 Å². The van der Waals surface area contributed by atoms with Gasteiger partial charge in [-0.05, 0) is 11.6 Å². The number of benzene rings is 1. The Morgan fingerprint density at radius 2 is 2.00 bits per heavy atom. The van der Waals surface area contributed by atoms with Crippen molar-refractivity contribution in [2.24, 2.45) is 4.99 Å². The third-order valence-corrected chi connectivity index (χ3v) is 4.39. The zero-order chi connectivity index (χ0) is 19.3. The summed E-state index contributed by atoms with van der Waals surface area (Å²) in [5.74, 6) is -1.22. The minimum absolute atomic E-state index is 0.0692. The van der Waals surface area contributed by atoms with Crippen LogP contribution >= 0.6 is 11.3 Å². The molecule has 0 amide bonds. The van der Waals surface area contributed by atoms with E-state index in [0.29, 0.717) is 18.1 Å². The SMILES string of the molecule is CN=C(NCc1nc(C(F)(F)F)cs1)NCC(C)c1ccc(F)cc1F. The number of nitrogens with zero attached hydrogens (tertiary/aromatic N) is 2. The van der Waals surface area contributed by atoms with Crippen LogP contribution < -0.4 is 10.6 Å². The molecule has 1 unspecified atom stereocenters. The summed E-state index contributed by atoms with van der Waals surface area (Å²) in [5.41, 5.74) is -0.577.